The number of hydrogen-bond acceptors (Lipinski definition) is 3. The van der Waals surface area contributed by atoms with Crippen molar-refractivity contribution in [1.82, 2.24) is 4.90 Å². The number of methoxy groups -OCH3 is 1. The normalized spacial score (nSPS) is 20.2. The SMILES string of the molecule is COc1ccc(CN2CCC3(CCC(c4ccc(Cl)cc4Cl)N(c4ccc(C)cc4)C3)CC2)cc1. The van der Waals surface area contributed by atoms with E-state index in [1.807, 2.05) is 12.1 Å². The Labute approximate surface area is 219 Å². The molecule has 0 aliphatic carbocycles. The van der Waals surface area contributed by atoms with Crippen LogP contribution in [0.2, 0.25) is 10.0 Å². The van der Waals surface area contributed by atoms with Crippen molar-refractivity contribution in [1.29, 1.82) is 0 Å². The maximum atomic E-state index is 6.71. The Hall–Kier alpha value is -2.20. The lowest BCUT2D eigenvalue weighted by Gasteiger charge is -2.51. The van der Waals surface area contributed by atoms with Crippen molar-refractivity contribution in [3.8, 4) is 5.75 Å². The lowest BCUT2D eigenvalue weighted by Crippen LogP contribution is -2.50. The molecule has 2 heterocycles. The highest BCUT2D eigenvalue weighted by Crippen LogP contribution is 2.48. The number of likely N-dealkylation sites (tertiary alicyclic amines) is 1. The van der Waals surface area contributed by atoms with Crippen LogP contribution in [0.4, 0.5) is 5.69 Å². The largest absolute Gasteiger partial charge is 0.497 e. The van der Waals surface area contributed by atoms with Crippen molar-refractivity contribution in [2.75, 3.05) is 31.6 Å². The van der Waals surface area contributed by atoms with E-state index >= 15 is 0 Å². The third kappa shape index (κ3) is 5.48. The van der Waals surface area contributed by atoms with Crippen LogP contribution < -0.4 is 9.64 Å². The van der Waals surface area contributed by atoms with Crippen LogP contribution in [0.5, 0.6) is 5.75 Å². The second kappa shape index (κ2) is 10.4. The molecule has 35 heavy (non-hydrogen) atoms. The highest BCUT2D eigenvalue weighted by molar-refractivity contribution is 6.35. The Morgan fingerprint density at radius 3 is 2.29 bits per heavy atom. The van der Waals surface area contributed by atoms with E-state index in [-0.39, 0.29) is 6.04 Å². The van der Waals surface area contributed by atoms with Crippen molar-refractivity contribution >= 4 is 28.9 Å². The summed E-state index contributed by atoms with van der Waals surface area (Å²) >= 11 is 12.9. The van der Waals surface area contributed by atoms with Crippen molar-refractivity contribution in [2.45, 2.75) is 45.2 Å². The molecule has 3 aromatic carbocycles. The van der Waals surface area contributed by atoms with Gasteiger partial charge in [0, 0.05) is 28.8 Å². The van der Waals surface area contributed by atoms with Gasteiger partial charge in [-0.05, 0) is 98.6 Å². The van der Waals surface area contributed by atoms with Crippen LogP contribution in [0.15, 0.2) is 66.7 Å². The monoisotopic (exact) mass is 508 g/mol. The first-order valence-corrected chi connectivity index (χ1v) is 13.3. The highest BCUT2D eigenvalue weighted by atomic mass is 35.5. The summed E-state index contributed by atoms with van der Waals surface area (Å²) in [5, 5.41) is 1.46. The molecule has 0 amide bonds. The standard InChI is InChI=1S/C30H34Cl2N2O/c1-22-3-8-25(9-4-22)34-21-30(14-13-29(34)27-12-7-24(31)19-28(27)32)15-17-33(18-16-30)20-23-5-10-26(35-2)11-6-23/h3-12,19,29H,13-18,20-21H2,1-2H3. The third-order valence-electron chi connectivity index (χ3n) is 8.00. The molecule has 1 spiro atoms. The first-order valence-electron chi connectivity index (χ1n) is 12.6. The molecule has 2 aliphatic heterocycles. The molecule has 5 heteroatoms. The number of aryl methyl sites for hydroxylation is 1. The molecule has 2 fully saturated rings. The molecule has 1 atom stereocenters. The van der Waals surface area contributed by atoms with E-state index < -0.39 is 0 Å². The molecular weight excluding hydrogens is 475 g/mol. The fourth-order valence-corrected chi connectivity index (χ4v) is 6.37. The molecule has 0 radical (unpaired) electrons. The maximum Gasteiger partial charge on any atom is 0.118 e. The van der Waals surface area contributed by atoms with Crippen LogP contribution in [0, 0.1) is 12.3 Å². The van der Waals surface area contributed by atoms with Gasteiger partial charge in [-0.1, -0.05) is 59.1 Å². The highest BCUT2D eigenvalue weighted by Gasteiger charge is 2.42. The molecule has 3 aromatic rings. The average Bonchev–Trinajstić information content (AvgIpc) is 2.87. The molecule has 3 nitrogen and oxygen atoms in total. The zero-order valence-electron chi connectivity index (χ0n) is 20.6. The van der Waals surface area contributed by atoms with Gasteiger partial charge in [0.25, 0.3) is 0 Å². The van der Waals surface area contributed by atoms with Gasteiger partial charge in [-0.25, -0.2) is 0 Å². The van der Waals surface area contributed by atoms with Crippen LogP contribution in [0.3, 0.4) is 0 Å². The summed E-state index contributed by atoms with van der Waals surface area (Å²) < 4.78 is 5.31. The number of benzene rings is 3. The number of piperidine rings is 2. The fraction of sp³-hybridized carbons (Fsp3) is 0.400. The molecule has 184 valence electrons. The van der Waals surface area contributed by atoms with Crippen LogP contribution in [0.25, 0.3) is 0 Å². The summed E-state index contributed by atoms with van der Waals surface area (Å²) in [5.41, 5.74) is 5.45. The lowest BCUT2D eigenvalue weighted by molar-refractivity contribution is 0.0755. The number of halogens is 2. The van der Waals surface area contributed by atoms with Gasteiger partial charge in [0.05, 0.1) is 13.2 Å². The van der Waals surface area contributed by atoms with E-state index in [4.69, 9.17) is 27.9 Å². The summed E-state index contributed by atoms with van der Waals surface area (Å²) in [5.74, 6) is 0.917. The zero-order chi connectivity index (χ0) is 24.4. The minimum atomic E-state index is 0.269. The predicted molar refractivity (Wildman–Crippen MR) is 147 cm³/mol. The number of hydrogen-bond donors (Lipinski definition) is 0. The summed E-state index contributed by atoms with van der Waals surface area (Å²) in [6, 6.07) is 23.7. The van der Waals surface area contributed by atoms with E-state index in [0.717, 1.165) is 43.4 Å². The van der Waals surface area contributed by atoms with Gasteiger partial charge in [-0.15, -0.1) is 0 Å². The summed E-state index contributed by atoms with van der Waals surface area (Å²) in [6.45, 7) is 6.49. The summed E-state index contributed by atoms with van der Waals surface area (Å²) in [7, 11) is 1.72. The molecule has 2 aliphatic rings. The minimum absolute atomic E-state index is 0.269. The number of anilines is 1. The summed E-state index contributed by atoms with van der Waals surface area (Å²) in [4.78, 5) is 5.21. The second-order valence-electron chi connectivity index (χ2n) is 10.3. The average molecular weight is 510 g/mol. The Morgan fingerprint density at radius 2 is 1.63 bits per heavy atom. The van der Waals surface area contributed by atoms with Crippen molar-refractivity contribution in [3.05, 3.63) is 93.5 Å². The van der Waals surface area contributed by atoms with Gasteiger partial charge < -0.3 is 9.64 Å². The molecule has 5 rings (SSSR count). The van der Waals surface area contributed by atoms with Gasteiger partial charge >= 0.3 is 0 Å². The summed E-state index contributed by atoms with van der Waals surface area (Å²) in [6.07, 6.45) is 4.79. The number of rotatable bonds is 5. The van der Waals surface area contributed by atoms with Crippen LogP contribution in [-0.2, 0) is 6.54 Å². The topological polar surface area (TPSA) is 15.7 Å². The Balaban J connectivity index is 1.33. The van der Waals surface area contributed by atoms with E-state index in [9.17, 15) is 0 Å². The molecule has 0 bridgehead atoms. The molecule has 0 aromatic heterocycles. The molecule has 1 unspecified atom stereocenters. The quantitative estimate of drug-likeness (QED) is 0.347. The third-order valence-corrected chi connectivity index (χ3v) is 8.56. The van der Waals surface area contributed by atoms with Crippen LogP contribution in [0.1, 0.15) is 48.4 Å². The Morgan fingerprint density at radius 1 is 0.914 bits per heavy atom. The maximum absolute atomic E-state index is 6.71. The molecule has 0 saturated carbocycles. The van der Waals surface area contributed by atoms with Crippen LogP contribution >= 0.6 is 23.2 Å². The van der Waals surface area contributed by atoms with Gasteiger partial charge in [0.1, 0.15) is 5.75 Å². The second-order valence-corrected chi connectivity index (χ2v) is 11.2. The van der Waals surface area contributed by atoms with Crippen molar-refractivity contribution in [3.63, 3.8) is 0 Å². The first kappa shape index (κ1) is 24.5. The van der Waals surface area contributed by atoms with E-state index in [2.05, 4.69) is 71.3 Å². The predicted octanol–water partition coefficient (Wildman–Crippen LogP) is 7.93. The van der Waals surface area contributed by atoms with Gasteiger partial charge in [0.15, 0.2) is 0 Å². The van der Waals surface area contributed by atoms with Gasteiger partial charge in [0.2, 0.25) is 0 Å². The Kier molecular flexibility index (Phi) is 7.29. The molecular formula is C30H34Cl2N2O. The van der Waals surface area contributed by atoms with E-state index in [1.165, 1.54) is 41.6 Å². The smallest absolute Gasteiger partial charge is 0.118 e. The van der Waals surface area contributed by atoms with Gasteiger partial charge in [-0.3, -0.25) is 4.90 Å². The van der Waals surface area contributed by atoms with Crippen molar-refractivity contribution < 1.29 is 4.74 Å². The number of ether oxygens (including phenoxy) is 1. The first-order chi connectivity index (χ1) is 16.9. The van der Waals surface area contributed by atoms with Crippen molar-refractivity contribution in [2.24, 2.45) is 5.41 Å². The van der Waals surface area contributed by atoms with Gasteiger partial charge in [-0.2, -0.15) is 0 Å². The minimum Gasteiger partial charge on any atom is -0.497 e. The zero-order valence-corrected chi connectivity index (χ0v) is 22.2. The number of nitrogens with zero attached hydrogens (tertiary/aromatic N) is 2. The lowest BCUT2D eigenvalue weighted by atomic mass is 9.70. The Bertz CT molecular complexity index is 1140. The van der Waals surface area contributed by atoms with E-state index in [1.54, 1.807) is 7.11 Å². The van der Waals surface area contributed by atoms with E-state index in [0.29, 0.717) is 10.4 Å². The van der Waals surface area contributed by atoms with Crippen LogP contribution in [-0.4, -0.2) is 31.6 Å². The molecule has 0 N–H and O–H groups in total. The molecule has 2 saturated heterocycles. The fourth-order valence-electron chi connectivity index (χ4n) is 5.83.